The number of carbonyl (C=O) groups excluding carboxylic acids is 1. The number of hydrogen-bond acceptors (Lipinski definition) is 3. The predicted molar refractivity (Wildman–Crippen MR) is 83.2 cm³/mol. The van der Waals surface area contributed by atoms with Crippen molar-refractivity contribution in [2.45, 2.75) is 31.1 Å². The van der Waals surface area contributed by atoms with Gasteiger partial charge in [0, 0.05) is 19.2 Å². The van der Waals surface area contributed by atoms with Gasteiger partial charge in [-0.05, 0) is 30.5 Å². The van der Waals surface area contributed by atoms with E-state index in [1.165, 1.54) is 12.8 Å². The van der Waals surface area contributed by atoms with Crippen LogP contribution < -0.4 is 9.47 Å². The van der Waals surface area contributed by atoms with Gasteiger partial charge in [0.15, 0.2) is 0 Å². The zero-order chi connectivity index (χ0) is 15.2. The Morgan fingerprint density at radius 2 is 1.57 bits per heavy atom. The highest BCUT2D eigenvalue weighted by Crippen LogP contribution is 2.31. The van der Waals surface area contributed by atoms with E-state index in [4.69, 9.17) is 21.1 Å². The zero-order valence-electron chi connectivity index (χ0n) is 12.6. The third kappa shape index (κ3) is 4.03. The molecular weight excluding hydrogens is 290 g/mol. The molecule has 1 aromatic rings. The Bertz CT molecular complexity index is 462. The standard InChI is InChI=1S/C16H22ClNO3/c1-20-13-9-12(10-14(11-13)21-2)15(17)16(19)18-7-5-3-4-6-8-18/h9-11,15H,3-8H2,1-2H3. The molecule has 1 aromatic carbocycles. The van der Waals surface area contributed by atoms with Crippen molar-refractivity contribution in [2.24, 2.45) is 0 Å². The second kappa shape index (κ2) is 7.55. The van der Waals surface area contributed by atoms with Crippen LogP contribution in [0.25, 0.3) is 0 Å². The molecule has 1 unspecified atom stereocenters. The number of benzene rings is 1. The number of alkyl halides is 1. The van der Waals surface area contributed by atoms with E-state index in [1.807, 2.05) is 4.90 Å². The molecular formula is C16H22ClNO3. The summed E-state index contributed by atoms with van der Waals surface area (Å²) in [7, 11) is 3.16. The average Bonchev–Trinajstić information content (AvgIpc) is 2.82. The SMILES string of the molecule is COc1cc(OC)cc(C(Cl)C(=O)N2CCCCCC2)c1. The van der Waals surface area contributed by atoms with Crippen LogP contribution in [0.5, 0.6) is 11.5 Å². The van der Waals surface area contributed by atoms with Crippen molar-refractivity contribution >= 4 is 17.5 Å². The first-order valence-electron chi connectivity index (χ1n) is 7.31. The van der Waals surface area contributed by atoms with Crippen molar-refractivity contribution in [2.75, 3.05) is 27.3 Å². The summed E-state index contributed by atoms with van der Waals surface area (Å²) in [6.07, 6.45) is 4.47. The van der Waals surface area contributed by atoms with Gasteiger partial charge in [-0.25, -0.2) is 0 Å². The molecule has 1 saturated heterocycles. The topological polar surface area (TPSA) is 38.8 Å². The minimum Gasteiger partial charge on any atom is -0.497 e. The molecule has 0 radical (unpaired) electrons. The molecule has 1 fully saturated rings. The van der Waals surface area contributed by atoms with Crippen LogP contribution in [0.15, 0.2) is 18.2 Å². The molecule has 21 heavy (non-hydrogen) atoms. The highest BCUT2D eigenvalue weighted by Gasteiger charge is 2.25. The molecule has 5 heteroatoms. The molecule has 0 bridgehead atoms. The van der Waals surface area contributed by atoms with Crippen LogP contribution in [0.3, 0.4) is 0 Å². The molecule has 4 nitrogen and oxygen atoms in total. The molecule has 0 aliphatic carbocycles. The highest BCUT2D eigenvalue weighted by atomic mass is 35.5. The lowest BCUT2D eigenvalue weighted by Crippen LogP contribution is -2.34. The number of likely N-dealkylation sites (tertiary alicyclic amines) is 1. The monoisotopic (exact) mass is 311 g/mol. The quantitative estimate of drug-likeness (QED) is 0.800. The van der Waals surface area contributed by atoms with Gasteiger partial charge in [0.05, 0.1) is 14.2 Å². The number of amides is 1. The van der Waals surface area contributed by atoms with Gasteiger partial charge in [0.1, 0.15) is 16.9 Å². The predicted octanol–water partition coefficient (Wildman–Crippen LogP) is 3.39. The zero-order valence-corrected chi connectivity index (χ0v) is 13.4. The number of rotatable bonds is 4. The van der Waals surface area contributed by atoms with Crippen LogP contribution >= 0.6 is 11.6 Å². The molecule has 1 heterocycles. The van der Waals surface area contributed by atoms with Crippen molar-refractivity contribution in [3.8, 4) is 11.5 Å². The summed E-state index contributed by atoms with van der Waals surface area (Å²) in [5, 5.41) is -0.702. The number of methoxy groups -OCH3 is 2. The lowest BCUT2D eigenvalue weighted by molar-refractivity contribution is -0.130. The maximum Gasteiger partial charge on any atom is 0.245 e. The highest BCUT2D eigenvalue weighted by molar-refractivity contribution is 6.30. The Morgan fingerprint density at radius 1 is 1.05 bits per heavy atom. The Hall–Kier alpha value is -1.42. The first-order chi connectivity index (χ1) is 10.2. The Kier molecular flexibility index (Phi) is 5.74. The smallest absolute Gasteiger partial charge is 0.245 e. The molecule has 1 aliphatic rings. The van der Waals surface area contributed by atoms with E-state index >= 15 is 0 Å². The third-order valence-corrected chi connectivity index (χ3v) is 4.24. The first-order valence-corrected chi connectivity index (χ1v) is 7.75. The van der Waals surface area contributed by atoms with E-state index in [2.05, 4.69) is 0 Å². The maximum atomic E-state index is 12.6. The van der Waals surface area contributed by atoms with Gasteiger partial charge in [0.25, 0.3) is 0 Å². The van der Waals surface area contributed by atoms with Gasteiger partial charge in [0.2, 0.25) is 5.91 Å². The Morgan fingerprint density at radius 3 is 2.05 bits per heavy atom. The van der Waals surface area contributed by atoms with Crippen LogP contribution in [0, 0.1) is 0 Å². The number of halogens is 1. The van der Waals surface area contributed by atoms with Gasteiger partial charge in [-0.3, -0.25) is 4.79 Å². The molecule has 2 rings (SSSR count). The van der Waals surface area contributed by atoms with Crippen molar-refractivity contribution in [3.05, 3.63) is 23.8 Å². The average molecular weight is 312 g/mol. The van der Waals surface area contributed by atoms with Gasteiger partial charge >= 0.3 is 0 Å². The van der Waals surface area contributed by atoms with Crippen LogP contribution in [0.1, 0.15) is 36.6 Å². The second-order valence-corrected chi connectivity index (χ2v) is 5.68. The molecule has 116 valence electrons. The number of carbonyl (C=O) groups is 1. The number of hydrogen-bond donors (Lipinski definition) is 0. The van der Waals surface area contributed by atoms with Crippen LogP contribution in [0.2, 0.25) is 0 Å². The van der Waals surface area contributed by atoms with E-state index < -0.39 is 5.38 Å². The van der Waals surface area contributed by atoms with Crippen molar-refractivity contribution in [3.63, 3.8) is 0 Å². The molecule has 1 atom stereocenters. The molecule has 0 spiro atoms. The summed E-state index contributed by atoms with van der Waals surface area (Å²) in [4.78, 5) is 14.4. The number of nitrogens with zero attached hydrogens (tertiary/aromatic N) is 1. The van der Waals surface area contributed by atoms with E-state index in [1.54, 1.807) is 32.4 Å². The van der Waals surface area contributed by atoms with E-state index in [9.17, 15) is 4.79 Å². The van der Waals surface area contributed by atoms with E-state index in [0.717, 1.165) is 25.9 Å². The van der Waals surface area contributed by atoms with Crippen LogP contribution in [-0.2, 0) is 4.79 Å². The Balaban J connectivity index is 2.17. The molecule has 0 aromatic heterocycles. The normalized spacial score (nSPS) is 17.0. The summed E-state index contributed by atoms with van der Waals surface area (Å²) >= 11 is 6.40. The van der Waals surface area contributed by atoms with Crippen molar-refractivity contribution in [1.82, 2.24) is 4.90 Å². The van der Waals surface area contributed by atoms with Crippen LogP contribution in [0.4, 0.5) is 0 Å². The summed E-state index contributed by atoms with van der Waals surface area (Å²) in [6, 6.07) is 5.34. The molecule has 1 aliphatic heterocycles. The molecule has 1 amide bonds. The van der Waals surface area contributed by atoms with Gasteiger partial charge in [-0.1, -0.05) is 12.8 Å². The fourth-order valence-corrected chi connectivity index (χ4v) is 2.83. The molecule has 0 saturated carbocycles. The minimum absolute atomic E-state index is 0.0335. The fraction of sp³-hybridized carbons (Fsp3) is 0.562. The molecule has 0 N–H and O–H groups in total. The Labute approximate surface area is 131 Å². The largest absolute Gasteiger partial charge is 0.497 e. The van der Waals surface area contributed by atoms with E-state index in [0.29, 0.717) is 17.1 Å². The second-order valence-electron chi connectivity index (χ2n) is 5.25. The van der Waals surface area contributed by atoms with Crippen molar-refractivity contribution in [1.29, 1.82) is 0 Å². The lowest BCUT2D eigenvalue weighted by Gasteiger charge is -2.23. The number of ether oxygens (including phenoxy) is 2. The van der Waals surface area contributed by atoms with Crippen molar-refractivity contribution < 1.29 is 14.3 Å². The van der Waals surface area contributed by atoms with E-state index in [-0.39, 0.29) is 5.91 Å². The van der Waals surface area contributed by atoms with Gasteiger partial charge < -0.3 is 14.4 Å². The van der Waals surface area contributed by atoms with Crippen LogP contribution in [-0.4, -0.2) is 38.1 Å². The summed E-state index contributed by atoms with van der Waals surface area (Å²) in [6.45, 7) is 1.59. The van der Waals surface area contributed by atoms with Gasteiger partial charge in [-0.2, -0.15) is 0 Å². The summed E-state index contributed by atoms with van der Waals surface area (Å²) in [5.74, 6) is 1.24. The van der Waals surface area contributed by atoms with Gasteiger partial charge in [-0.15, -0.1) is 11.6 Å². The third-order valence-electron chi connectivity index (χ3n) is 3.80. The maximum absolute atomic E-state index is 12.6. The summed E-state index contributed by atoms with van der Waals surface area (Å²) < 4.78 is 10.5. The summed E-state index contributed by atoms with van der Waals surface area (Å²) in [5.41, 5.74) is 0.710. The lowest BCUT2D eigenvalue weighted by atomic mass is 10.1. The minimum atomic E-state index is -0.702. The fourth-order valence-electron chi connectivity index (χ4n) is 2.57. The first kappa shape index (κ1) is 16.0.